The van der Waals surface area contributed by atoms with Gasteiger partial charge in [-0.05, 0) is 61.5 Å². The maximum atomic E-state index is 5.88. The monoisotopic (exact) mass is 356 g/mol. The summed E-state index contributed by atoms with van der Waals surface area (Å²) in [7, 11) is 7.46. The van der Waals surface area contributed by atoms with Crippen molar-refractivity contribution in [1.82, 2.24) is 10.2 Å². The Morgan fingerprint density at radius 2 is 1.88 bits per heavy atom. The Kier molecular flexibility index (Phi) is 6.01. The van der Waals surface area contributed by atoms with Gasteiger partial charge in [0.2, 0.25) is 0 Å². The third-order valence-corrected chi connectivity index (χ3v) is 4.72. The van der Waals surface area contributed by atoms with Crippen molar-refractivity contribution < 1.29 is 14.2 Å². The Balaban J connectivity index is 1.84. The molecule has 1 aliphatic heterocycles. The molecule has 26 heavy (non-hydrogen) atoms. The van der Waals surface area contributed by atoms with Gasteiger partial charge in [-0.2, -0.15) is 0 Å². The molecule has 0 aliphatic carbocycles. The van der Waals surface area contributed by atoms with E-state index in [9.17, 15) is 0 Å². The molecule has 1 aliphatic rings. The Bertz CT molecular complexity index is 746. The van der Waals surface area contributed by atoms with Crippen molar-refractivity contribution >= 4 is 0 Å². The number of ether oxygens (including phenoxy) is 3. The first-order valence-corrected chi connectivity index (χ1v) is 8.98. The first-order chi connectivity index (χ1) is 12.6. The van der Waals surface area contributed by atoms with Crippen molar-refractivity contribution in [3.8, 4) is 17.2 Å². The topological polar surface area (TPSA) is 43.0 Å². The smallest absolute Gasteiger partial charge is 0.161 e. The quantitative estimate of drug-likeness (QED) is 0.826. The van der Waals surface area contributed by atoms with Crippen molar-refractivity contribution in [1.29, 1.82) is 0 Å². The third kappa shape index (κ3) is 4.11. The van der Waals surface area contributed by atoms with Crippen LogP contribution in [0.15, 0.2) is 36.4 Å². The van der Waals surface area contributed by atoms with E-state index in [0.29, 0.717) is 6.61 Å². The molecule has 0 aromatic heterocycles. The molecule has 1 heterocycles. The summed E-state index contributed by atoms with van der Waals surface area (Å²) >= 11 is 0. The number of fused-ring (bicyclic) bond motifs is 1. The maximum Gasteiger partial charge on any atom is 0.161 e. The van der Waals surface area contributed by atoms with Crippen molar-refractivity contribution in [2.24, 2.45) is 0 Å². The molecule has 2 aromatic carbocycles. The van der Waals surface area contributed by atoms with E-state index in [0.717, 1.165) is 36.8 Å². The van der Waals surface area contributed by atoms with Gasteiger partial charge in [0.25, 0.3) is 0 Å². The number of nitrogens with zero attached hydrogens (tertiary/aromatic N) is 1. The highest BCUT2D eigenvalue weighted by Crippen LogP contribution is 2.35. The number of benzene rings is 2. The third-order valence-electron chi connectivity index (χ3n) is 4.72. The van der Waals surface area contributed by atoms with Crippen LogP contribution in [0.3, 0.4) is 0 Å². The van der Waals surface area contributed by atoms with E-state index in [2.05, 4.69) is 34.5 Å². The van der Waals surface area contributed by atoms with E-state index in [1.807, 2.05) is 26.2 Å². The highest BCUT2D eigenvalue weighted by molar-refractivity contribution is 5.49. The molecule has 0 saturated heterocycles. The highest BCUT2D eigenvalue weighted by Gasteiger charge is 2.23. The molecule has 0 fully saturated rings. The molecule has 0 spiro atoms. The molecule has 5 heteroatoms. The largest absolute Gasteiger partial charge is 0.497 e. The number of likely N-dealkylation sites (N-methyl/N-ethyl adjacent to an activating group) is 1. The minimum atomic E-state index is 0.148. The lowest BCUT2D eigenvalue weighted by Gasteiger charge is -2.28. The van der Waals surface area contributed by atoms with Crippen LogP contribution in [0.5, 0.6) is 17.2 Å². The molecule has 0 amide bonds. The van der Waals surface area contributed by atoms with E-state index in [1.165, 1.54) is 16.7 Å². The zero-order valence-corrected chi connectivity index (χ0v) is 16.0. The van der Waals surface area contributed by atoms with Crippen LogP contribution in [0.4, 0.5) is 0 Å². The van der Waals surface area contributed by atoms with Gasteiger partial charge in [0.05, 0.1) is 20.3 Å². The molecule has 1 N–H and O–H groups in total. The minimum absolute atomic E-state index is 0.148. The number of nitrogens with one attached hydrogen (secondary N) is 1. The second-order valence-electron chi connectivity index (χ2n) is 6.76. The van der Waals surface area contributed by atoms with Gasteiger partial charge in [0, 0.05) is 13.1 Å². The van der Waals surface area contributed by atoms with Gasteiger partial charge in [0.1, 0.15) is 12.4 Å². The Hall–Kier alpha value is -2.24. The highest BCUT2D eigenvalue weighted by atomic mass is 16.5. The molecule has 3 rings (SSSR count). The van der Waals surface area contributed by atoms with Crippen LogP contribution in [-0.2, 0) is 6.42 Å². The van der Waals surface area contributed by atoms with Crippen molar-refractivity contribution in [2.75, 3.05) is 48.0 Å². The molecular formula is C21H28N2O3. The summed E-state index contributed by atoms with van der Waals surface area (Å²) in [6.45, 7) is 2.44. The lowest BCUT2D eigenvalue weighted by Crippen LogP contribution is -2.30. The fourth-order valence-corrected chi connectivity index (χ4v) is 3.29. The summed E-state index contributed by atoms with van der Waals surface area (Å²) in [6.07, 6.45) is 1.01. The molecule has 1 unspecified atom stereocenters. The predicted molar refractivity (Wildman–Crippen MR) is 104 cm³/mol. The van der Waals surface area contributed by atoms with E-state index < -0.39 is 0 Å². The molecule has 0 radical (unpaired) electrons. The first kappa shape index (κ1) is 18.5. The van der Waals surface area contributed by atoms with Crippen molar-refractivity contribution in [3.63, 3.8) is 0 Å². The van der Waals surface area contributed by atoms with Crippen LogP contribution in [-0.4, -0.2) is 52.9 Å². The lowest BCUT2D eigenvalue weighted by atomic mass is 9.89. The van der Waals surface area contributed by atoms with E-state index in [-0.39, 0.29) is 6.04 Å². The van der Waals surface area contributed by atoms with Gasteiger partial charge in [-0.25, -0.2) is 0 Å². The molecule has 140 valence electrons. The van der Waals surface area contributed by atoms with Crippen LogP contribution in [0, 0.1) is 0 Å². The molecule has 0 saturated carbocycles. The van der Waals surface area contributed by atoms with Gasteiger partial charge >= 0.3 is 0 Å². The minimum Gasteiger partial charge on any atom is -0.497 e. The van der Waals surface area contributed by atoms with E-state index >= 15 is 0 Å². The Morgan fingerprint density at radius 1 is 1.04 bits per heavy atom. The SMILES string of the molecule is COc1ccc2c(c1)CCNC2c1ccc(OCCN(C)C)c(OC)c1. The van der Waals surface area contributed by atoms with Crippen molar-refractivity contribution in [2.45, 2.75) is 12.5 Å². The summed E-state index contributed by atoms with van der Waals surface area (Å²) in [5.74, 6) is 2.46. The van der Waals surface area contributed by atoms with Gasteiger partial charge in [-0.1, -0.05) is 12.1 Å². The fraction of sp³-hybridized carbons (Fsp3) is 0.429. The molecule has 2 aromatic rings. The van der Waals surface area contributed by atoms with Gasteiger partial charge < -0.3 is 24.4 Å². The summed E-state index contributed by atoms with van der Waals surface area (Å²) in [6, 6.07) is 12.7. The van der Waals surface area contributed by atoms with Crippen LogP contribution < -0.4 is 19.5 Å². The van der Waals surface area contributed by atoms with Crippen LogP contribution >= 0.6 is 0 Å². The molecule has 1 atom stereocenters. The zero-order valence-electron chi connectivity index (χ0n) is 16.0. The summed E-state index contributed by atoms with van der Waals surface area (Å²) in [4.78, 5) is 2.10. The molecule has 5 nitrogen and oxygen atoms in total. The van der Waals surface area contributed by atoms with Crippen molar-refractivity contribution in [3.05, 3.63) is 53.1 Å². The second-order valence-corrected chi connectivity index (χ2v) is 6.76. The normalized spacial score (nSPS) is 16.3. The molecular weight excluding hydrogens is 328 g/mol. The number of hydrogen-bond donors (Lipinski definition) is 1. The standard InChI is InChI=1S/C21H28N2O3/c1-23(2)11-12-26-19-8-5-16(14-20(19)25-4)21-18-7-6-17(24-3)13-15(18)9-10-22-21/h5-8,13-14,21-22H,9-12H2,1-4H3. The average molecular weight is 356 g/mol. The summed E-state index contributed by atoms with van der Waals surface area (Å²) < 4.78 is 16.8. The second kappa shape index (κ2) is 8.43. The number of hydrogen-bond acceptors (Lipinski definition) is 5. The summed E-state index contributed by atoms with van der Waals surface area (Å²) in [5.41, 5.74) is 3.80. The Morgan fingerprint density at radius 3 is 2.62 bits per heavy atom. The van der Waals surface area contributed by atoms with Crippen LogP contribution in [0.1, 0.15) is 22.7 Å². The van der Waals surface area contributed by atoms with E-state index in [4.69, 9.17) is 14.2 Å². The maximum absolute atomic E-state index is 5.88. The van der Waals surface area contributed by atoms with Gasteiger partial charge in [-0.15, -0.1) is 0 Å². The molecule has 0 bridgehead atoms. The average Bonchev–Trinajstić information content (AvgIpc) is 2.67. The number of rotatable bonds is 7. The van der Waals surface area contributed by atoms with Gasteiger partial charge in [0.15, 0.2) is 11.5 Å². The van der Waals surface area contributed by atoms with Crippen LogP contribution in [0.25, 0.3) is 0 Å². The zero-order chi connectivity index (χ0) is 18.5. The van der Waals surface area contributed by atoms with Gasteiger partial charge in [-0.3, -0.25) is 0 Å². The summed E-state index contributed by atoms with van der Waals surface area (Å²) in [5, 5.41) is 3.61. The van der Waals surface area contributed by atoms with E-state index in [1.54, 1.807) is 14.2 Å². The first-order valence-electron chi connectivity index (χ1n) is 8.98. The fourth-order valence-electron chi connectivity index (χ4n) is 3.29. The Labute approximate surface area is 155 Å². The lowest BCUT2D eigenvalue weighted by molar-refractivity contribution is 0.250. The number of methoxy groups -OCH3 is 2. The van der Waals surface area contributed by atoms with Crippen LogP contribution in [0.2, 0.25) is 0 Å². The predicted octanol–water partition coefficient (Wildman–Crippen LogP) is 2.88.